The van der Waals surface area contributed by atoms with Gasteiger partial charge in [-0.1, -0.05) is 32.0 Å². The van der Waals surface area contributed by atoms with Gasteiger partial charge in [-0.15, -0.1) is 0 Å². The molecular formula is C36H56F2N10O2. The third kappa shape index (κ3) is 10.3. The molecule has 0 bridgehead atoms. The summed E-state index contributed by atoms with van der Waals surface area (Å²) in [6, 6.07) is 5.09. The number of amides is 3. The van der Waals surface area contributed by atoms with Gasteiger partial charge in [0.2, 0.25) is 5.91 Å². The minimum absolute atomic E-state index is 0.0110. The molecule has 1 aromatic heterocycles. The average Bonchev–Trinajstić information content (AvgIpc) is 3.58. The molecule has 0 unspecified atom stereocenters. The highest BCUT2D eigenvalue weighted by Crippen LogP contribution is 2.32. The van der Waals surface area contributed by atoms with Crippen LogP contribution in [0.3, 0.4) is 0 Å². The Morgan fingerprint density at radius 3 is 2.46 bits per heavy atom. The number of urea groups is 1. The zero-order chi connectivity index (χ0) is 36.2. The Labute approximate surface area is 295 Å². The monoisotopic (exact) mass is 698 g/mol. The van der Waals surface area contributed by atoms with E-state index >= 15 is 0 Å². The number of halogens is 2. The van der Waals surface area contributed by atoms with Crippen molar-refractivity contribution in [1.82, 2.24) is 45.3 Å². The fourth-order valence-electron chi connectivity index (χ4n) is 6.77. The fraction of sp³-hybridized carbons (Fsp3) is 0.611. The topological polar surface area (TPSA) is 125 Å². The van der Waals surface area contributed by atoms with Crippen LogP contribution < -0.4 is 16.0 Å². The summed E-state index contributed by atoms with van der Waals surface area (Å²) >= 11 is 0. The highest BCUT2D eigenvalue weighted by molar-refractivity contribution is 5.97. The molecule has 1 aromatic carbocycles. The molecule has 0 aliphatic carbocycles. The molecule has 0 radical (unpaired) electrons. The average molecular weight is 699 g/mol. The van der Waals surface area contributed by atoms with Gasteiger partial charge in [-0.25, -0.2) is 13.6 Å². The van der Waals surface area contributed by atoms with E-state index in [-0.39, 0.29) is 23.5 Å². The van der Waals surface area contributed by atoms with Gasteiger partial charge in [-0.3, -0.25) is 19.8 Å². The van der Waals surface area contributed by atoms with E-state index in [0.717, 1.165) is 62.3 Å². The van der Waals surface area contributed by atoms with Crippen LogP contribution in [0, 0.1) is 5.41 Å². The number of amidine groups is 1. The molecule has 2 saturated heterocycles. The van der Waals surface area contributed by atoms with Crippen LogP contribution in [0.1, 0.15) is 57.1 Å². The van der Waals surface area contributed by atoms with Gasteiger partial charge >= 0.3 is 6.03 Å². The van der Waals surface area contributed by atoms with Crippen molar-refractivity contribution in [2.45, 2.75) is 58.4 Å². The number of rotatable bonds is 11. The molecule has 2 fully saturated rings. The van der Waals surface area contributed by atoms with Crippen molar-refractivity contribution in [3.05, 3.63) is 53.0 Å². The summed E-state index contributed by atoms with van der Waals surface area (Å²) in [4.78, 5) is 33.3. The Balaban J connectivity index is 0.00000276. The number of nitrogens with zero attached hydrogens (tertiary/aromatic N) is 6. The van der Waals surface area contributed by atoms with E-state index < -0.39 is 6.43 Å². The van der Waals surface area contributed by atoms with Crippen LogP contribution >= 0.6 is 0 Å². The number of piperidine rings is 1. The van der Waals surface area contributed by atoms with E-state index in [1.54, 1.807) is 42.1 Å². The molecule has 276 valence electrons. The smallest absolute Gasteiger partial charge is 0.317 e. The van der Waals surface area contributed by atoms with E-state index in [1.807, 2.05) is 36.8 Å². The molecule has 50 heavy (non-hydrogen) atoms. The molecule has 0 spiro atoms. The summed E-state index contributed by atoms with van der Waals surface area (Å²) in [6.07, 6.45) is 4.42. The predicted molar refractivity (Wildman–Crippen MR) is 193 cm³/mol. The number of aryl methyl sites for hydroxylation is 2. The van der Waals surface area contributed by atoms with E-state index in [9.17, 15) is 18.4 Å². The largest absolute Gasteiger partial charge is 0.385 e. The lowest BCUT2D eigenvalue weighted by atomic mass is 9.97. The standard InChI is InChI=1S/C34H50F2N10O2.C2H6/c1-38-34(48)46-16-10-30(41-26-8-14-45(15-9-26)31(47)23-44-17-11-39-12-18-44)29(22-46)33(37)42(2)13-4-5-24-6-7-27(32(35)36)28(19-24)25-20-40-43(3)21-25;1-2/h6-7,19-21,26,32,37,39,41H,4-5,8-18,22-23H2,1-3H3,(H,38,48);1-2H3. The highest BCUT2D eigenvalue weighted by atomic mass is 19.3. The molecule has 3 amide bonds. The predicted octanol–water partition coefficient (Wildman–Crippen LogP) is 3.68. The van der Waals surface area contributed by atoms with Crippen LogP contribution in [0.25, 0.3) is 11.1 Å². The SMILES string of the molecule is CC.CNC(=O)N1CCC(NC2CCN(C(=O)CN3CCNCC3)CC2)=C(C(=N)N(C)CCCc2ccc(C(F)F)c(-c3cnn(C)c3)c2)C1. The Kier molecular flexibility index (Phi) is 14.6. The molecule has 5 rings (SSSR count). The summed E-state index contributed by atoms with van der Waals surface area (Å²) in [5.74, 6) is 0.551. The molecule has 14 heteroatoms. The second-order valence-electron chi connectivity index (χ2n) is 13.0. The van der Waals surface area contributed by atoms with Crippen molar-refractivity contribution in [2.24, 2.45) is 7.05 Å². The lowest BCUT2D eigenvalue weighted by Crippen LogP contribution is -2.52. The molecule has 12 nitrogen and oxygen atoms in total. The molecule has 0 saturated carbocycles. The second kappa shape index (κ2) is 18.8. The minimum atomic E-state index is -2.58. The number of carbonyl (C=O) groups excluding carboxylic acids is 2. The molecular weight excluding hydrogens is 642 g/mol. The highest BCUT2D eigenvalue weighted by Gasteiger charge is 2.30. The summed E-state index contributed by atoms with van der Waals surface area (Å²) in [5.41, 5.74) is 3.87. The summed E-state index contributed by atoms with van der Waals surface area (Å²) < 4.78 is 29.1. The van der Waals surface area contributed by atoms with Gasteiger partial charge < -0.3 is 30.7 Å². The Morgan fingerprint density at radius 1 is 1.10 bits per heavy atom. The van der Waals surface area contributed by atoms with Crippen molar-refractivity contribution < 1.29 is 18.4 Å². The third-order valence-electron chi connectivity index (χ3n) is 9.64. The molecule has 3 aliphatic rings. The molecule has 0 atom stereocenters. The summed E-state index contributed by atoms with van der Waals surface area (Å²) in [5, 5.41) is 23.1. The van der Waals surface area contributed by atoms with Crippen LogP contribution in [-0.4, -0.2) is 133 Å². The Bertz CT molecular complexity index is 1460. The summed E-state index contributed by atoms with van der Waals surface area (Å²) in [6.45, 7) is 11.0. The van der Waals surface area contributed by atoms with Crippen LogP contribution in [-0.2, 0) is 18.3 Å². The first-order valence-electron chi connectivity index (χ1n) is 18.0. The van der Waals surface area contributed by atoms with E-state index in [4.69, 9.17) is 5.41 Å². The minimum Gasteiger partial charge on any atom is -0.385 e. The molecule has 4 heterocycles. The number of likely N-dealkylation sites (N-methyl/N-ethyl adjacent to an activating group) is 1. The maximum absolute atomic E-state index is 13.8. The first-order chi connectivity index (χ1) is 24.1. The van der Waals surface area contributed by atoms with E-state index in [2.05, 4.69) is 25.9 Å². The van der Waals surface area contributed by atoms with Crippen LogP contribution in [0.15, 0.2) is 41.9 Å². The molecule has 2 aromatic rings. The molecule has 3 aliphatic heterocycles. The first kappa shape index (κ1) is 38.8. The normalized spacial score (nSPS) is 17.4. The Morgan fingerprint density at radius 2 is 1.82 bits per heavy atom. The zero-order valence-corrected chi connectivity index (χ0v) is 30.4. The van der Waals surface area contributed by atoms with Gasteiger partial charge in [0, 0.05) is 115 Å². The number of nitrogens with one attached hydrogen (secondary N) is 4. The Hall–Kier alpha value is -4.04. The van der Waals surface area contributed by atoms with Crippen molar-refractivity contribution >= 4 is 17.8 Å². The van der Waals surface area contributed by atoms with Crippen LogP contribution in [0.2, 0.25) is 0 Å². The van der Waals surface area contributed by atoms with Crippen LogP contribution in [0.5, 0.6) is 0 Å². The third-order valence-corrected chi connectivity index (χ3v) is 9.64. The van der Waals surface area contributed by atoms with Crippen molar-refractivity contribution in [3.8, 4) is 11.1 Å². The number of aromatic nitrogens is 2. The van der Waals surface area contributed by atoms with Crippen molar-refractivity contribution in [2.75, 3.05) is 79.5 Å². The van der Waals surface area contributed by atoms with Crippen molar-refractivity contribution in [3.63, 3.8) is 0 Å². The van der Waals surface area contributed by atoms with Gasteiger partial charge in [0.25, 0.3) is 6.43 Å². The van der Waals surface area contributed by atoms with Gasteiger partial charge in [0.15, 0.2) is 0 Å². The number of hydrogen-bond donors (Lipinski definition) is 4. The van der Waals surface area contributed by atoms with Gasteiger partial charge in [-0.2, -0.15) is 5.10 Å². The number of alkyl halides is 2. The lowest BCUT2D eigenvalue weighted by Gasteiger charge is -2.38. The first-order valence-corrected chi connectivity index (χ1v) is 18.0. The molecule has 4 N–H and O–H groups in total. The van der Waals surface area contributed by atoms with Gasteiger partial charge in [-0.05, 0) is 36.8 Å². The maximum atomic E-state index is 13.8. The van der Waals surface area contributed by atoms with Crippen molar-refractivity contribution in [1.29, 1.82) is 5.41 Å². The zero-order valence-electron chi connectivity index (χ0n) is 30.4. The quantitative estimate of drug-likeness (QED) is 0.209. The fourth-order valence-corrected chi connectivity index (χ4v) is 6.77. The second-order valence-corrected chi connectivity index (χ2v) is 13.0. The number of likely N-dealkylation sites (tertiary alicyclic amines) is 1. The number of piperazine rings is 1. The number of hydrogen-bond acceptors (Lipinski definition) is 7. The number of carbonyl (C=O) groups is 2. The maximum Gasteiger partial charge on any atom is 0.317 e. The lowest BCUT2D eigenvalue weighted by molar-refractivity contribution is -0.133. The van der Waals surface area contributed by atoms with Crippen LogP contribution in [0.4, 0.5) is 13.6 Å². The number of benzene rings is 1. The van der Waals surface area contributed by atoms with E-state index in [1.165, 1.54) is 6.07 Å². The summed E-state index contributed by atoms with van der Waals surface area (Å²) in [7, 11) is 5.26. The van der Waals surface area contributed by atoms with Gasteiger partial charge in [0.1, 0.15) is 5.84 Å². The van der Waals surface area contributed by atoms with E-state index in [0.29, 0.717) is 69.1 Å². The van der Waals surface area contributed by atoms with Gasteiger partial charge in [0.05, 0.1) is 19.3 Å².